The Balaban J connectivity index is 1.77. The molecule has 1 heterocycles. The van der Waals surface area contributed by atoms with Crippen molar-refractivity contribution in [1.82, 2.24) is 0 Å². The molecule has 1 aliphatic rings. The number of nitrogens with two attached hydrogens (primary N) is 1. The first-order valence-electron chi connectivity index (χ1n) is 8.13. The van der Waals surface area contributed by atoms with E-state index < -0.39 is 12.0 Å². The molecule has 1 aromatic carbocycles. The summed E-state index contributed by atoms with van der Waals surface area (Å²) in [7, 11) is 0. The lowest BCUT2D eigenvalue weighted by Gasteiger charge is -2.15. The summed E-state index contributed by atoms with van der Waals surface area (Å²) in [4.78, 5) is 25.5. The first kappa shape index (κ1) is 17.8. The minimum Gasteiger partial charge on any atom is -0.479 e. The van der Waals surface area contributed by atoms with Crippen molar-refractivity contribution in [1.29, 1.82) is 0 Å². The summed E-state index contributed by atoms with van der Waals surface area (Å²) in [5.74, 6) is -0.414. The lowest BCUT2D eigenvalue weighted by Crippen LogP contribution is -2.30. The number of anilines is 1. The van der Waals surface area contributed by atoms with E-state index >= 15 is 0 Å². The van der Waals surface area contributed by atoms with Crippen LogP contribution in [-0.4, -0.2) is 17.9 Å². The number of aryl methyl sites for hydroxylation is 1. The molecule has 0 saturated heterocycles. The summed E-state index contributed by atoms with van der Waals surface area (Å²) in [5.41, 5.74) is 6.97. The molecule has 5 nitrogen and oxygen atoms in total. The van der Waals surface area contributed by atoms with Crippen LogP contribution < -0.4 is 15.8 Å². The molecule has 3 rings (SSSR count). The van der Waals surface area contributed by atoms with E-state index in [2.05, 4.69) is 5.32 Å². The van der Waals surface area contributed by atoms with Crippen LogP contribution in [0.1, 0.15) is 40.6 Å². The summed E-state index contributed by atoms with van der Waals surface area (Å²) >= 11 is 7.48. The Hall–Kier alpha value is -2.05. The number of amides is 2. The van der Waals surface area contributed by atoms with Crippen molar-refractivity contribution in [2.45, 2.75) is 38.7 Å². The normalized spacial score (nSPS) is 14.5. The Morgan fingerprint density at radius 2 is 2.00 bits per heavy atom. The van der Waals surface area contributed by atoms with Crippen molar-refractivity contribution in [2.75, 3.05) is 5.32 Å². The van der Waals surface area contributed by atoms with Crippen molar-refractivity contribution < 1.29 is 14.3 Å². The number of primary amides is 1. The highest BCUT2D eigenvalue weighted by Gasteiger charge is 2.26. The fourth-order valence-electron chi connectivity index (χ4n) is 2.91. The summed E-state index contributed by atoms with van der Waals surface area (Å²) < 4.78 is 5.63. The van der Waals surface area contributed by atoms with Crippen molar-refractivity contribution in [3.63, 3.8) is 0 Å². The van der Waals surface area contributed by atoms with Gasteiger partial charge in [-0.15, -0.1) is 11.3 Å². The third-order valence-corrected chi connectivity index (χ3v) is 5.68. The number of hydrogen-bond donors (Lipinski definition) is 2. The van der Waals surface area contributed by atoms with Crippen LogP contribution in [-0.2, 0) is 17.6 Å². The predicted octanol–water partition coefficient (Wildman–Crippen LogP) is 3.79. The molecule has 1 aliphatic carbocycles. The van der Waals surface area contributed by atoms with E-state index in [1.165, 1.54) is 11.3 Å². The second-order valence-corrected chi connectivity index (χ2v) is 7.47. The van der Waals surface area contributed by atoms with E-state index in [0.717, 1.165) is 36.1 Å². The Kier molecular flexibility index (Phi) is 5.30. The van der Waals surface area contributed by atoms with Crippen molar-refractivity contribution >= 4 is 39.8 Å². The van der Waals surface area contributed by atoms with Gasteiger partial charge in [-0.2, -0.15) is 0 Å². The molecule has 1 atom stereocenters. The second-order valence-electron chi connectivity index (χ2n) is 5.96. The van der Waals surface area contributed by atoms with E-state index in [9.17, 15) is 9.59 Å². The SMILES string of the molecule is C[C@@H](Oc1ccccc1Cl)C(=O)Nc1sc2c(c1C(N)=O)CCCC2. The van der Waals surface area contributed by atoms with Crippen molar-refractivity contribution in [3.05, 3.63) is 45.3 Å². The molecule has 25 heavy (non-hydrogen) atoms. The van der Waals surface area contributed by atoms with Crippen LogP contribution in [0.25, 0.3) is 0 Å². The Morgan fingerprint density at radius 1 is 1.28 bits per heavy atom. The molecule has 0 aliphatic heterocycles. The average molecular weight is 379 g/mol. The molecule has 0 saturated carbocycles. The largest absolute Gasteiger partial charge is 0.479 e. The van der Waals surface area contributed by atoms with Gasteiger partial charge in [0, 0.05) is 4.88 Å². The lowest BCUT2D eigenvalue weighted by molar-refractivity contribution is -0.122. The van der Waals surface area contributed by atoms with Crippen LogP contribution >= 0.6 is 22.9 Å². The molecule has 2 aromatic rings. The van der Waals surface area contributed by atoms with Crippen LogP contribution in [0.2, 0.25) is 5.02 Å². The number of benzene rings is 1. The highest BCUT2D eigenvalue weighted by atomic mass is 35.5. The van der Waals surface area contributed by atoms with E-state index in [-0.39, 0.29) is 5.91 Å². The number of ether oxygens (including phenoxy) is 1. The Morgan fingerprint density at radius 3 is 2.72 bits per heavy atom. The Labute approximate surface area is 155 Å². The van der Waals surface area contributed by atoms with Crippen LogP contribution in [0, 0.1) is 0 Å². The zero-order valence-electron chi connectivity index (χ0n) is 13.8. The van der Waals surface area contributed by atoms with Crippen LogP contribution in [0.15, 0.2) is 24.3 Å². The third kappa shape index (κ3) is 3.80. The fourth-order valence-corrected chi connectivity index (χ4v) is 4.39. The van der Waals surface area contributed by atoms with Crippen molar-refractivity contribution in [2.24, 2.45) is 5.73 Å². The fraction of sp³-hybridized carbons (Fsp3) is 0.333. The Bertz CT molecular complexity index is 819. The van der Waals surface area contributed by atoms with Gasteiger partial charge in [-0.05, 0) is 50.3 Å². The smallest absolute Gasteiger partial charge is 0.265 e. The highest BCUT2D eigenvalue weighted by Crippen LogP contribution is 2.38. The van der Waals surface area contributed by atoms with Gasteiger partial charge in [-0.25, -0.2) is 0 Å². The molecular formula is C18H19ClN2O3S. The van der Waals surface area contributed by atoms with Gasteiger partial charge in [0.15, 0.2) is 6.10 Å². The van der Waals surface area contributed by atoms with E-state index in [1.807, 2.05) is 0 Å². The molecule has 0 radical (unpaired) electrons. The van der Waals surface area contributed by atoms with E-state index in [4.69, 9.17) is 22.1 Å². The minimum atomic E-state index is -0.764. The number of thiophene rings is 1. The zero-order chi connectivity index (χ0) is 18.0. The highest BCUT2D eigenvalue weighted by molar-refractivity contribution is 7.17. The van der Waals surface area contributed by atoms with Crippen LogP contribution in [0.3, 0.4) is 0 Å². The number of halogens is 1. The van der Waals surface area contributed by atoms with Crippen molar-refractivity contribution in [3.8, 4) is 5.75 Å². The van der Waals surface area contributed by atoms with Crippen LogP contribution in [0.5, 0.6) is 5.75 Å². The number of carbonyl (C=O) groups is 2. The summed E-state index contributed by atoms with van der Waals surface area (Å²) in [6.07, 6.45) is 3.10. The first-order chi connectivity index (χ1) is 12.0. The molecule has 1 aromatic heterocycles. The average Bonchev–Trinajstić information content (AvgIpc) is 2.94. The van der Waals surface area contributed by atoms with Gasteiger partial charge in [-0.3, -0.25) is 9.59 Å². The number of carbonyl (C=O) groups excluding carboxylic acids is 2. The molecule has 2 amide bonds. The molecular weight excluding hydrogens is 360 g/mol. The first-order valence-corrected chi connectivity index (χ1v) is 9.33. The van der Waals surface area contributed by atoms with Gasteiger partial charge in [0.2, 0.25) is 0 Å². The molecule has 7 heteroatoms. The molecule has 132 valence electrons. The summed E-state index contributed by atoms with van der Waals surface area (Å²) in [6, 6.07) is 6.96. The van der Waals surface area contributed by atoms with Gasteiger partial charge in [0.1, 0.15) is 10.8 Å². The molecule has 0 spiro atoms. The van der Waals surface area contributed by atoms with E-state index in [0.29, 0.717) is 21.3 Å². The van der Waals surface area contributed by atoms with Gasteiger partial charge < -0.3 is 15.8 Å². The third-order valence-electron chi connectivity index (χ3n) is 4.16. The molecule has 0 unspecified atom stereocenters. The second kappa shape index (κ2) is 7.45. The molecule has 0 bridgehead atoms. The van der Waals surface area contributed by atoms with Gasteiger partial charge in [0.25, 0.3) is 11.8 Å². The number of rotatable bonds is 5. The predicted molar refractivity (Wildman–Crippen MR) is 99.7 cm³/mol. The van der Waals surface area contributed by atoms with Gasteiger partial charge >= 0.3 is 0 Å². The number of para-hydroxylation sites is 1. The van der Waals surface area contributed by atoms with Gasteiger partial charge in [-0.1, -0.05) is 23.7 Å². The maximum Gasteiger partial charge on any atom is 0.265 e. The van der Waals surface area contributed by atoms with Crippen LogP contribution in [0.4, 0.5) is 5.00 Å². The maximum absolute atomic E-state index is 12.5. The molecule has 3 N–H and O–H groups in total. The van der Waals surface area contributed by atoms with Gasteiger partial charge in [0.05, 0.1) is 10.6 Å². The van der Waals surface area contributed by atoms with E-state index in [1.54, 1.807) is 31.2 Å². The lowest BCUT2D eigenvalue weighted by atomic mass is 9.95. The minimum absolute atomic E-state index is 0.346. The zero-order valence-corrected chi connectivity index (χ0v) is 15.4. The number of fused-ring (bicyclic) bond motifs is 1. The quantitative estimate of drug-likeness (QED) is 0.830. The summed E-state index contributed by atoms with van der Waals surface area (Å²) in [5, 5.41) is 3.75. The standard InChI is InChI=1S/C18H19ClN2O3S/c1-10(24-13-8-4-3-7-12(13)19)17(23)21-18-15(16(20)22)11-6-2-5-9-14(11)25-18/h3-4,7-8,10H,2,5-6,9H2,1H3,(H2,20,22)(H,21,23)/t10-/m1/s1. The monoisotopic (exact) mass is 378 g/mol. The maximum atomic E-state index is 12.5. The molecule has 0 fully saturated rings. The number of nitrogens with one attached hydrogen (secondary N) is 1. The topological polar surface area (TPSA) is 81.4 Å². The number of hydrogen-bond acceptors (Lipinski definition) is 4. The summed E-state index contributed by atoms with van der Waals surface area (Å²) in [6.45, 7) is 1.64.